The molecule has 0 spiro atoms. The van der Waals surface area contributed by atoms with E-state index in [2.05, 4.69) is 10.6 Å². The topological polar surface area (TPSA) is 61.4 Å². The number of benzene rings is 1. The summed E-state index contributed by atoms with van der Waals surface area (Å²) in [4.78, 5) is 26.2. The van der Waals surface area contributed by atoms with Crippen molar-refractivity contribution in [3.05, 3.63) is 34.9 Å². The van der Waals surface area contributed by atoms with Crippen molar-refractivity contribution < 1.29 is 9.59 Å². The largest absolute Gasteiger partial charge is 0.352 e. The second kappa shape index (κ2) is 8.20. The predicted octanol–water partition coefficient (Wildman–Crippen LogP) is 2.79. The smallest absolute Gasteiger partial charge is 0.317 e. The highest BCUT2D eigenvalue weighted by molar-refractivity contribution is 6.31. The van der Waals surface area contributed by atoms with Crippen molar-refractivity contribution in [2.45, 2.75) is 39.3 Å². The zero-order valence-corrected chi connectivity index (χ0v) is 14.4. The summed E-state index contributed by atoms with van der Waals surface area (Å²) in [5, 5.41) is 6.45. The number of carbonyl (C=O) groups excluding carboxylic acids is 2. The summed E-state index contributed by atoms with van der Waals surface area (Å²) in [5.74, 6) is -0.184. The van der Waals surface area contributed by atoms with Gasteiger partial charge in [-0.3, -0.25) is 4.79 Å². The van der Waals surface area contributed by atoms with Crippen molar-refractivity contribution >= 4 is 23.5 Å². The van der Waals surface area contributed by atoms with Crippen LogP contribution in [0.5, 0.6) is 0 Å². The van der Waals surface area contributed by atoms with E-state index in [1.54, 1.807) is 4.90 Å². The van der Waals surface area contributed by atoms with Gasteiger partial charge < -0.3 is 15.5 Å². The van der Waals surface area contributed by atoms with Gasteiger partial charge in [-0.15, -0.1) is 0 Å². The van der Waals surface area contributed by atoms with Gasteiger partial charge in [0.2, 0.25) is 5.91 Å². The molecule has 0 saturated carbocycles. The molecule has 1 aromatic rings. The third-order valence-electron chi connectivity index (χ3n) is 3.90. The normalized spacial score (nSPS) is 17.9. The fourth-order valence-electron chi connectivity index (χ4n) is 2.68. The zero-order valence-electron chi connectivity index (χ0n) is 13.6. The third-order valence-corrected chi connectivity index (χ3v) is 4.27. The first-order valence-electron chi connectivity index (χ1n) is 8.04. The molecule has 1 aromatic carbocycles. The number of likely N-dealkylation sites (tertiary alicyclic amines) is 1. The Hall–Kier alpha value is -1.75. The van der Waals surface area contributed by atoms with Gasteiger partial charge in [0.15, 0.2) is 0 Å². The molecule has 1 aliphatic rings. The van der Waals surface area contributed by atoms with E-state index in [9.17, 15) is 9.59 Å². The van der Waals surface area contributed by atoms with Gasteiger partial charge in [-0.1, -0.05) is 29.8 Å². The summed E-state index contributed by atoms with van der Waals surface area (Å²) in [5.41, 5.74) is 0.896. The van der Waals surface area contributed by atoms with E-state index in [1.807, 2.05) is 38.1 Å². The average Bonchev–Trinajstić information content (AvgIpc) is 2.53. The summed E-state index contributed by atoms with van der Waals surface area (Å²) in [7, 11) is 0. The zero-order chi connectivity index (χ0) is 16.8. The summed E-state index contributed by atoms with van der Waals surface area (Å²) in [6.45, 7) is 5.43. The Morgan fingerprint density at radius 3 is 2.78 bits per heavy atom. The molecular formula is C17H24ClN3O2. The first-order chi connectivity index (χ1) is 11.0. The Morgan fingerprint density at radius 1 is 1.35 bits per heavy atom. The van der Waals surface area contributed by atoms with Crippen LogP contribution in [0.25, 0.3) is 0 Å². The SMILES string of the molecule is CC(C)NC(=O)N1CCC[C@@H](C(=O)NCc2ccccc2Cl)C1. The standard InChI is InChI=1S/C17H24ClN3O2/c1-12(2)20-17(23)21-9-5-7-14(11-21)16(22)19-10-13-6-3-4-8-15(13)18/h3-4,6,8,12,14H,5,7,9-11H2,1-2H3,(H,19,22)(H,20,23)/t14-/m1/s1. The van der Waals surface area contributed by atoms with Crippen LogP contribution in [-0.2, 0) is 11.3 Å². The van der Waals surface area contributed by atoms with Gasteiger partial charge in [-0.05, 0) is 38.3 Å². The van der Waals surface area contributed by atoms with E-state index < -0.39 is 0 Å². The van der Waals surface area contributed by atoms with Crippen LogP contribution in [0.3, 0.4) is 0 Å². The molecule has 0 radical (unpaired) electrons. The first kappa shape index (κ1) is 17.6. The minimum atomic E-state index is -0.163. The van der Waals surface area contributed by atoms with E-state index >= 15 is 0 Å². The number of hydrogen-bond acceptors (Lipinski definition) is 2. The van der Waals surface area contributed by atoms with Crippen LogP contribution < -0.4 is 10.6 Å². The minimum Gasteiger partial charge on any atom is -0.352 e. The second-order valence-electron chi connectivity index (χ2n) is 6.20. The van der Waals surface area contributed by atoms with Crippen molar-refractivity contribution in [3.8, 4) is 0 Å². The van der Waals surface area contributed by atoms with Crippen LogP contribution in [0.15, 0.2) is 24.3 Å². The molecule has 1 saturated heterocycles. The molecule has 3 amide bonds. The van der Waals surface area contributed by atoms with Gasteiger partial charge in [0.1, 0.15) is 0 Å². The average molecular weight is 338 g/mol. The van der Waals surface area contributed by atoms with E-state index in [1.165, 1.54) is 0 Å². The van der Waals surface area contributed by atoms with Crippen molar-refractivity contribution in [1.82, 2.24) is 15.5 Å². The van der Waals surface area contributed by atoms with E-state index in [0.29, 0.717) is 24.7 Å². The van der Waals surface area contributed by atoms with Crippen molar-refractivity contribution in [1.29, 1.82) is 0 Å². The monoisotopic (exact) mass is 337 g/mol. The number of urea groups is 1. The maximum atomic E-state index is 12.4. The van der Waals surface area contributed by atoms with Gasteiger partial charge in [0.25, 0.3) is 0 Å². The summed E-state index contributed by atoms with van der Waals surface area (Å²) in [6, 6.07) is 7.46. The van der Waals surface area contributed by atoms with Crippen LogP contribution in [0.1, 0.15) is 32.3 Å². The first-order valence-corrected chi connectivity index (χ1v) is 8.41. The number of carbonyl (C=O) groups is 2. The van der Waals surface area contributed by atoms with Gasteiger partial charge in [-0.2, -0.15) is 0 Å². The van der Waals surface area contributed by atoms with Crippen molar-refractivity contribution in [3.63, 3.8) is 0 Å². The summed E-state index contributed by atoms with van der Waals surface area (Å²) in [6.07, 6.45) is 1.65. The lowest BCUT2D eigenvalue weighted by Gasteiger charge is -2.32. The fourth-order valence-corrected chi connectivity index (χ4v) is 2.88. The van der Waals surface area contributed by atoms with Gasteiger partial charge in [-0.25, -0.2) is 4.79 Å². The van der Waals surface area contributed by atoms with Gasteiger partial charge >= 0.3 is 6.03 Å². The molecule has 6 heteroatoms. The third kappa shape index (κ3) is 5.13. The highest BCUT2D eigenvalue weighted by Crippen LogP contribution is 2.18. The van der Waals surface area contributed by atoms with Crippen molar-refractivity contribution in [2.75, 3.05) is 13.1 Å². The lowest BCUT2D eigenvalue weighted by atomic mass is 9.97. The molecule has 2 N–H and O–H groups in total. The highest BCUT2D eigenvalue weighted by Gasteiger charge is 2.28. The Balaban J connectivity index is 1.87. The molecule has 0 aliphatic carbocycles. The molecule has 5 nitrogen and oxygen atoms in total. The maximum absolute atomic E-state index is 12.4. The van der Waals surface area contributed by atoms with E-state index in [-0.39, 0.29) is 23.9 Å². The minimum absolute atomic E-state index is 0.0213. The maximum Gasteiger partial charge on any atom is 0.317 e. The molecule has 2 rings (SSSR count). The fraction of sp³-hybridized carbons (Fsp3) is 0.529. The Bertz CT molecular complexity index is 563. The molecule has 0 bridgehead atoms. The lowest BCUT2D eigenvalue weighted by Crippen LogP contribution is -2.50. The van der Waals surface area contributed by atoms with Crippen LogP contribution in [0, 0.1) is 5.92 Å². The molecule has 1 atom stereocenters. The number of hydrogen-bond donors (Lipinski definition) is 2. The Labute approximate surface area is 142 Å². The molecule has 0 aromatic heterocycles. The molecule has 0 unspecified atom stereocenters. The van der Waals surface area contributed by atoms with Crippen LogP contribution in [0.2, 0.25) is 5.02 Å². The summed E-state index contributed by atoms with van der Waals surface area (Å²) >= 11 is 6.09. The number of piperidine rings is 1. The lowest BCUT2D eigenvalue weighted by molar-refractivity contribution is -0.126. The number of halogens is 1. The van der Waals surface area contributed by atoms with Crippen molar-refractivity contribution in [2.24, 2.45) is 5.92 Å². The number of nitrogens with one attached hydrogen (secondary N) is 2. The molecule has 1 heterocycles. The van der Waals surface area contributed by atoms with Gasteiger partial charge in [0.05, 0.1) is 5.92 Å². The molecule has 1 fully saturated rings. The van der Waals surface area contributed by atoms with E-state index in [0.717, 1.165) is 18.4 Å². The Kier molecular flexibility index (Phi) is 6.28. The number of amides is 3. The number of nitrogens with zero attached hydrogens (tertiary/aromatic N) is 1. The highest BCUT2D eigenvalue weighted by atomic mass is 35.5. The quantitative estimate of drug-likeness (QED) is 0.887. The second-order valence-corrected chi connectivity index (χ2v) is 6.61. The van der Waals surface area contributed by atoms with E-state index in [4.69, 9.17) is 11.6 Å². The van der Waals surface area contributed by atoms with Crippen LogP contribution >= 0.6 is 11.6 Å². The number of rotatable bonds is 4. The molecule has 126 valence electrons. The van der Waals surface area contributed by atoms with Gasteiger partial charge in [0, 0.05) is 30.7 Å². The van der Waals surface area contributed by atoms with Crippen LogP contribution in [0.4, 0.5) is 4.79 Å². The summed E-state index contributed by atoms with van der Waals surface area (Å²) < 4.78 is 0. The Morgan fingerprint density at radius 2 is 2.09 bits per heavy atom. The van der Waals surface area contributed by atoms with Crippen LogP contribution in [-0.4, -0.2) is 36.0 Å². The predicted molar refractivity (Wildman–Crippen MR) is 91.3 cm³/mol. The molecule has 23 heavy (non-hydrogen) atoms. The molecule has 1 aliphatic heterocycles. The molecular weight excluding hydrogens is 314 g/mol.